The molecule has 0 atom stereocenters. The number of carbonyl (C=O) groups is 2. The van der Waals surface area contributed by atoms with Crippen LogP contribution in [0, 0.1) is 0 Å². The van der Waals surface area contributed by atoms with Crippen LogP contribution in [0.2, 0.25) is 0 Å². The highest BCUT2D eigenvalue weighted by molar-refractivity contribution is 6.10. The molecule has 4 nitrogen and oxygen atoms in total. The molecule has 0 aromatic heterocycles. The normalized spacial score (nSPS) is 15.4. The summed E-state index contributed by atoms with van der Waals surface area (Å²) < 4.78 is 0. The number of nitrogens with one attached hydrogen (secondary N) is 1. The van der Waals surface area contributed by atoms with Crippen LogP contribution >= 0.6 is 0 Å². The SMILES string of the molecule is O=C1CNc2ccccc2C(=O)[N]1. The van der Waals surface area contributed by atoms with Gasteiger partial charge in [-0.3, -0.25) is 9.59 Å². The maximum Gasteiger partial charge on any atom is 0.282 e. The van der Waals surface area contributed by atoms with Gasteiger partial charge in [-0.2, -0.15) is 5.32 Å². The first-order valence-corrected chi connectivity index (χ1v) is 3.89. The number of rotatable bonds is 0. The van der Waals surface area contributed by atoms with E-state index in [2.05, 4.69) is 10.6 Å². The van der Waals surface area contributed by atoms with E-state index in [4.69, 9.17) is 0 Å². The van der Waals surface area contributed by atoms with E-state index in [0.717, 1.165) is 0 Å². The second-order valence-corrected chi connectivity index (χ2v) is 2.71. The van der Waals surface area contributed by atoms with E-state index in [1.54, 1.807) is 24.3 Å². The summed E-state index contributed by atoms with van der Waals surface area (Å²) >= 11 is 0. The lowest BCUT2D eigenvalue weighted by molar-refractivity contribution is -0.118. The Balaban J connectivity index is 2.46. The highest BCUT2D eigenvalue weighted by Crippen LogP contribution is 2.16. The van der Waals surface area contributed by atoms with Crippen LogP contribution in [-0.4, -0.2) is 18.4 Å². The Kier molecular flexibility index (Phi) is 1.73. The third-order valence-electron chi connectivity index (χ3n) is 1.81. The highest BCUT2D eigenvalue weighted by Gasteiger charge is 2.19. The van der Waals surface area contributed by atoms with Crippen molar-refractivity contribution in [3.8, 4) is 0 Å². The molecule has 1 aromatic carbocycles. The molecule has 13 heavy (non-hydrogen) atoms. The molecule has 0 saturated carbocycles. The van der Waals surface area contributed by atoms with Crippen molar-refractivity contribution in [3.63, 3.8) is 0 Å². The van der Waals surface area contributed by atoms with Gasteiger partial charge in [-0.15, -0.1) is 0 Å². The van der Waals surface area contributed by atoms with Gasteiger partial charge in [0, 0.05) is 5.69 Å². The maximum absolute atomic E-state index is 11.3. The van der Waals surface area contributed by atoms with Crippen molar-refractivity contribution in [2.24, 2.45) is 0 Å². The second kappa shape index (κ2) is 2.90. The lowest BCUT2D eigenvalue weighted by Crippen LogP contribution is -2.24. The first-order chi connectivity index (χ1) is 6.27. The Labute approximate surface area is 74.9 Å². The van der Waals surface area contributed by atoms with E-state index in [-0.39, 0.29) is 6.54 Å². The van der Waals surface area contributed by atoms with Gasteiger partial charge < -0.3 is 5.32 Å². The minimum Gasteiger partial charge on any atom is -0.375 e. The van der Waals surface area contributed by atoms with Crippen LogP contribution in [0.1, 0.15) is 10.4 Å². The van der Waals surface area contributed by atoms with Crippen LogP contribution in [0.15, 0.2) is 24.3 Å². The molecule has 1 heterocycles. The topological polar surface area (TPSA) is 60.3 Å². The Bertz CT molecular complexity index is 374. The highest BCUT2D eigenvalue weighted by atomic mass is 16.2. The summed E-state index contributed by atoms with van der Waals surface area (Å²) in [5.74, 6) is -0.896. The summed E-state index contributed by atoms with van der Waals surface area (Å²) in [4.78, 5) is 22.2. The van der Waals surface area contributed by atoms with Gasteiger partial charge in [0.1, 0.15) is 0 Å². The summed E-state index contributed by atoms with van der Waals surface area (Å²) in [6.07, 6.45) is 0. The lowest BCUT2D eigenvalue weighted by atomic mass is 10.2. The number of fused-ring (bicyclic) bond motifs is 1. The van der Waals surface area contributed by atoms with Gasteiger partial charge in [-0.25, -0.2) is 0 Å². The number of benzene rings is 1. The molecule has 0 saturated heterocycles. The van der Waals surface area contributed by atoms with Gasteiger partial charge in [0.25, 0.3) is 11.8 Å². The molecule has 0 bridgehead atoms. The molecular weight excluding hydrogens is 168 g/mol. The molecule has 0 unspecified atom stereocenters. The fraction of sp³-hybridized carbons (Fsp3) is 0.111. The average Bonchev–Trinajstić information content (AvgIpc) is 2.27. The van der Waals surface area contributed by atoms with Crippen LogP contribution < -0.4 is 10.6 Å². The molecule has 2 amide bonds. The van der Waals surface area contributed by atoms with Gasteiger partial charge in [0.15, 0.2) is 0 Å². The molecule has 1 N–H and O–H groups in total. The van der Waals surface area contributed by atoms with Crippen molar-refractivity contribution >= 4 is 17.5 Å². The van der Waals surface area contributed by atoms with Gasteiger partial charge in [0.2, 0.25) is 0 Å². The quantitative estimate of drug-likeness (QED) is 0.580. The van der Waals surface area contributed by atoms with Crippen molar-refractivity contribution in [2.75, 3.05) is 11.9 Å². The third-order valence-corrected chi connectivity index (χ3v) is 1.81. The number of para-hydroxylation sites is 1. The van der Waals surface area contributed by atoms with Crippen molar-refractivity contribution in [1.29, 1.82) is 0 Å². The molecule has 65 valence electrons. The number of hydrogen-bond acceptors (Lipinski definition) is 3. The van der Waals surface area contributed by atoms with Gasteiger partial charge in [-0.05, 0) is 12.1 Å². The summed E-state index contributed by atoms with van der Waals surface area (Å²) in [7, 11) is 0. The minimum atomic E-state index is -0.467. The van der Waals surface area contributed by atoms with Crippen LogP contribution in [0.5, 0.6) is 0 Å². The lowest BCUT2D eigenvalue weighted by Gasteiger charge is -2.02. The summed E-state index contributed by atoms with van der Waals surface area (Å²) in [5, 5.41) is 6.22. The predicted molar refractivity (Wildman–Crippen MR) is 46.4 cm³/mol. The Morgan fingerprint density at radius 2 is 2.00 bits per heavy atom. The molecular formula is C9H7N2O2. The maximum atomic E-state index is 11.3. The molecule has 1 aliphatic rings. The third kappa shape index (κ3) is 1.38. The van der Waals surface area contributed by atoms with E-state index < -0.39 is 11.8 Å². The Morgan fingerprint density at radius 3 is 2.85 bits per heavy atom. The number of hydrogen-bond donors (Lipinski definition) is 1. The smallest absolute Gasteiger partial charge is 0.282 e. The molecule has 0 aliphatic carbocycles. The fourth-order valence-electron chi connectivity index (χ4n) is 1.21. The van der Waals surface area contributed by atoms with E-state index in [0.29, 0.717) is 11.3 Å². The van der Waals surface area contributed by atoms with Gasteiger partial charge in [-0.1, -0.05) is 12.1 Å². The molecule has 1 radical (unpaired) electrons. The van der Waals surface area contributed by atoms with E-state index in [1.165, 1.54) is 0 Å². The Morgan fingerprint density at radius 1 is 1.23 bits per heavy atom. The molecule has 4 heteroatoms. The second-order valence-electron chi connectivity index (χ2n) is 2.71. The van der Waals surface area contributed by atoms with Crippen molar-refractivity contribution < 1.29 is 9.59 Å². The number of imide groups is 1. The van der Waals surface area contributed by atoms with E-state index >= 15 is 0 Å². The van der Waals surface area contributed by atoms with Gasteiger partial charge in [0.05, 0.1) is 12.1 Å². The molecule has 2 rings (SSSR count). The number of amides is 2. The fourth-order valence-corrected chi connectivity index (χ4v) is 1.21. The summed E-state index contributed by atoms with van der Waals surface area (Å²) in [6.45, 7) is 0.0861. The van der Waals surface area contributed by atoms with Crippen molar-refractivity contribution in [3.05, 3.63) is 29.8 Å². The van der Waals surface area contributed by atoms with Crippen LogP contribution in [0.4, 0.5) is 5.69 Å². The van der Waals surface area contributed by atoms with Gasteiger partial charge >= 0.3 is 0 Å². The van der Waals surface area contributed by atoms with E-state index in [1.807, 2.05) is 0 Å². The van der Waals surface area contributed by atoms with Crippen LogP contribution in [0.25, 0.3) is 0 Å². The summed E-state index contributed by atoms with van der Waals surface area (Å²) in [6, 6.07) is 6.94. The number of anilines is 1. The molecule has 0 fully saturated rings. The Hall–Kier alpha value is -1.84. The molecule has 1 aromatic rings. The monoisotopic (exact) mass is 175 g/mol. The van der Waals surface area contributed by atoms with Crippen LogP contribution in [0.3, 0.4) is 0 Å². The van der Waals surface area contributed by atoms with Crippen molar-refractivity contribution in [2.45, 2.75) is 0 Å². The van der Waals surface area contributed by atoms with Crippen LogP contribution in [-0.2, 0) is 4.79 Å². The first-order valence-electron chi connectivity index (χ1n) is 3.89. The molecule has 1 aliphatic heterocycles. The predicted octanol–water partition coefficient (Wildman–Crippen LogP) is 0.383. The largest absolute Gasteiger partial charge is 0.375 e. The summed E-state index contributed by atoms with van der Waals surface area (Å²) in [5.41, 5.74) is 1.12. The zero-order valence-electron chi connectivity index (χ0n) is 6.78. The zero-order chi connectivity index (χ0) is 9.26. The minimum absolute atomic E-state index is 0.0861. The van der Waals surface area contributed by atoms with E-state index in [9.17, 15) is 9.59 Å². The van der Waals surface area contributed by atoms with Crippen molar-refractivity contribution in [1.82, 2.24) is 5.32 Å². The number of nitrogens with zero attached hydrogens (tertiary/aromatic N) is 1. The zero-order valence-corrected chi connectivity index (χ0v) is 6.78. The first kappa shape index (κ1) is 7.79. The standard InChI is InChI=1S/C9H7N2O2/c12-8-5-10-7-4-2-1-3-6(7)9(13)11-8/h1-4,10H,5H2. The average molecular weight is 175 g/mol. The number of carbonyl (C=O) groups excluding carboxylic acids is 2. The molecule has 0 spiro atoms.